The molecule has 12 heteroatoms. The smallest absolute Gasteiger partial charge is 0.408 e. The largest absolute Gasteiger partial charge is 0.445 e. The fourth-order valence-corrected chi connectivity index (χ4v) is 4.99. The Morgan fingerprint density at radius 3 is 2.15 bits per heavy atom. The molecule has 0 aliphatic rings. The highest BCUT2D eigenvalue weighted by atomic mass is 16.5. The van der Waals surface area contributed by atoms with E-state index >= 15 is 0 Å². The lowest BCUT2D eigenvalue weighted by molar-refractivity contribution is -0.134. The number of rotatable bonds is 16. The standard InChI is InChI=1S/C35H41N5O7/c1-23(38-35(45)47-22-25-13-7-4-8-14-25)32(42)40-30(20-26-21-37-28-16-10-9-15-27(26)28)33(43)39-29(19-24-11-5-3-6-12-24)31(41)34(44)36-17-18-46-2/h3-16,21,23,29-31,37,41H,17-20,22H2,1-2H3,(H,36,44)(H,38,45)(H,39,43)(H,40,42)/t23?,29-,30-,31-/m0/s1. The van der Waals surface area contributed by atoms with Gasteiger partial charge in [-0.05, 0) is 36.1 Å². The Labute approximate surface area is 273 Å². The number of alkyl carbamates (subject to hydrolysis) is 1. The molecule has 248 valence electrons. The number of carbonyl (C=O) groups excluding carboxylic acids is 4. The maximum Gasteiger partial charge on any atom is 0.408 e. The third-order valence-electron chi connectivity index (χ3n) is 7.55. The Morgan fingerprint density at radius 1 is 0.787 bits per heavy atom. The molecular formula is C35H41N5O7. The molecule has 0 bridgehead atoms. The van der Waals surface area contributed by atoms with Gasteiger partial charge >= 0.3 is 6.09 Å². The topological polar surface area (TPSA) is 171 Å². The van der Waals surface area contributed by atoms with Crippen molar-refractivity contribution in [3.05, 3.63) is 108 Å². The summed E-state index contributed by atoms with van der Waals surface area (Å²) in [5.74, 6) is -1.92. The van der Waals surface area contributed by atoms with Crippen molar-refractivity contribution in [2.45, 2.75) is 50.6 Å². The highest BCUT2D eigenvalue weighted by Crippen LogP contribution is 2.19. The summed E-state index contributed by atoms with van der Waals surface area (Å²) in [5.41, 5.74) is 3.19. The van der Waals surface area contributed by atoms with Crippen LogP contribution in [0.25, 0.3) is 10.9 Å². The van der Waals surface area contributed by atoms with Crippen molar-refractivity contribution in [2.75, 3.05) is 20.3 Å². The number of methoxy groups -OCH3 is 1. The average Bonchev–Trinajstić information content (AvgIpc) is 3.49. The van der Waals surface area contributed by atoms with Gasteiger partial charge in [0, 0.05) is 37.2 Å². The van der Waals surface area contributed by atoms with Crippen molar-refractivity contribution >= 4 is 34.7 Å². The maximum atomic E-state index is 13.9. The maximum absolute atomic E-state index is 13.9. The Kier molecular flexibility index (Phi) is 12.9. The highest BCUT2D eigenvalue weighted by molar-refractivity contribution is 5.93. The number of hydrogen-bond donors (Lipinski definition) is 6. The van der Waals surface area contributed by atoms with Crippen molar-refractivity contribution in [3.63, 3.8) is 0 Å². The zero-order chi connectivity index (χ0) is 33.6. The number of fused-ring (bicyclic) bond motifs is 1. The molecule has 4 aromatic rings. The second-order valence-electron chi connectivity index (χ2n) is 11.1. The van der Waals surface area contributed by atoms with Gasteiger partial charge in [0.15, 0.2) is 6.10 Å². The predicted molar refractivity (Wildman–Crippen MR) is 176 cm³/mol. The van der Waals surface area contributed by atoms with E-state index in [1.807, 2.05) is 84.9 Å². The molecule has 0 saturated heterocycles. The zero-order valence-corrected chi connectivity index (χ0v) is 26.4. The number of para-hydroxylation sites is 1. The van der Waals surface area contributed by atoms with Gasteiger partial charge in [0.2, 0.25) is 11.8 Å². The van der Waals surface area contributed by atoms with Crippen molar-refractivity contribution in [1.29, 1.82) is 0 Å². The number of carbonyl (C=O) groups is 4. The van der Waals surface area contributed by atoms with Gasteiger partial charge < -0.3 is 40.8 Å². The summed E-state index contributed by atoms with van der Waals surface area (Å²) in [4.78, 5) is 55.7. The summed E-state index contributed by atoms with van der Waals surface area (Å²) in [7, 11) is 1.49. The van der Waals surface area contributed by atoms with E-state index in [-0.39, 0.29) is 32.6 Å². The Hall–Kier alpha value is -5.20. The van der Waals surface area contributed by atoms with E-state index in [4.69, 9.17) is 9.47 Å². The van der Waals surface area contributed by atoms with Crippen LogP contribution in [0, 0.1) is 0 Å². The molecule has 4 atom stereocenters. The number of ether oxygens (including phenoxy) is 2. The van der Waals surface area contributed by atoms with Crippen LogP contribution in [0.3, 0.4) is 0 Å². The second kappa shape index (κ2) is 17.5. The number of hydrogen-bond acceptors (Lipinski definition) is 7. The van der Waals surface area contributed by atoms with Crippen molar-refractivity contribution in [3.8, 4) is 0 Å². The fourth-order valence-electron chi connectivity index (χ4n) is 4.99. The number of nitrogens with one attached hydrogen (secondary N) is 5. The first-order valence-corrected chi connectivity index (χ1v) is 15.4. The molecule has 3 aromatic carbocycles. The molecule has 0 radical (unpaired) electrons. The minimum atomic E-state index is -1.60. The first-order chi connectivity index (χ1) is 22.7. The lowest BCUT2D eigenvalue weighted by atomic mass is 9.98. The van der Waals surface area contributed by atoms with Crippen LogP contribution in [0.1, 0.15) is 23.6 Å². The first kappa shape index (κ1) is 34.7. The molecule has 0 spiro atoms. The highest BCUT2D eigenvalue weighted by Gasteiger charge is 2.32. The van der Waals surface area contributed by atoms with E-state index in [0.29, 0.717) is 0 Å². The van der Waals surface area contributed by atoms with E-state index in [9.17, 15) is 24.3 Å². The van der Waals surface area contributed by atoms with Crippen LogP contribution in [0.2, 0.25) is 0 Å². The fraction of sp³-hybridized carbons (Fsp3) is 0.314. The minimum Gasteiger partial charge on any atom is -0.445 e. The Morgan fingerprint density at radius 2 is 1.45 bits per heavy atom. The van der Waals surface area contributed by atoms with Crippen LogP contribution in [0.15, 0.2) is 91.1 Å². The lowest BCUT2D eigenvalue weighted by Gasteiger charge is -2.27. The van der Waals surface area contributed by atoms with Gasteiger partial charge in [-0.25, -0.2) is 4.79 Å². The normalized spacial score (nSPS) is 13.5. The summed E-state index contributed by atoms with van der Waals surface area (Å²) in [5, 5.41) is 22.6. The number of aliphatic hydroxyl groups is 1. The van der Waals surface area contributed by atoms with Crippen LogP contribution in [0.4, 0.5) is 4.79 Å². The van der Waals surface area contributed by atoms with Crippen LogP contribution in [-0.4, -0.2) is 78.4 Å². The molecule has 1 aromatic heterocycles. The van der Waals surface area contributed by atoms with Gasteiger partial charge in [-0.15, -0.1) is 0 Å². The molecule has 0 saturated carbocycles. The van der Waals surface area contributed by atoms with Gasteiger partial charge in [0.05, 0.1) is 12.6 Å². The third kappa shape index (κ3) is 10.4. The molecule has 4 rings (SSSR count). The van der Waals surface area contributed by atoms with Gasteiger partial charge in [-0.2, -0.15) is 0 Å². The van der Waals surface area contributed by atoms with Crippen LogP contribution in [-0.2, 0) is 43.3 Å². The van der Waals surface area contributed by atoms with Gasteiger partial charge in [0.25, 0.3) is 5.91 Å². The average molecular weight is 644 g/mol. The summed E-state index contributed by atoms with van der Waals surface area (Å²) >= 11 is 0. The van der Waals surface area contributed by atoms with Crippen molar-refractivity contribution in [2.24, 2.45) is 0 Å². The molecule has 4 amide bonds. The Balaban J connectivity index is 1.50. The summed E-state index contributed by atoms with van der Waals surface area (Å²) in [6.07, 6.45) is -0.398. The predicted octanol–water partition coefficient (Wildman–Crippen LogP) is 2.36. The lowest BCUT2D eigenvalue weighted by Crippen LogP contribution is -2.58. The molecule has 0 aliphatic heterocycles. The number of H-pyrrole nitrogens is 1. The van der Waals surface area contributed by atoms with Gasteiger partial charge in [-0.3, -0.25) is 14.4 Å². The first-order valence-electron chi connectivity index (χ1n) is 15.4. The van der Waals surface area contributed by atoms with Crippen molar-refractivity contribution < 1.29 is 33.8 Å². The van der Waals surface area contributed by atoms with E-state index in [1.165, 1.54) is 14.0 Å². The van der Waals surface area contributed by atoms with Crippen molar-refractivity contribution in [1.82, 2.24) is 26.3 Å². The minimum absolute atomic E-state index is 0.0246. The van der Waals surface area contributed by atoms with Gasteiger partial charge in [-0.1, -0.05) is 78.9 Å². The quantitative estimate of drug-likeness (QED) is 0.102. The molecule has 1 unspecified atom stereocenters. The zero-order valence-electron chi connectivity index (χ0n) is 26.4. The number of aromatic nitrogens is 1. The summed E-state index contributed by atoms with van der Waals surface area (Å²) < 4.78 is 10.2. The van der Waals surface area contributed by atoms with E-state index in [0.717, 1.165) is 27.6 Å². The van der Waals surface area contributed by atoms with Crippen LogP contribution < -0.4 is 21.3 Å². The van der Waals surface area contributed by atoms with Gasteiger partial charge in [0.1, 0.15) is 18.7 Å². The molecule has 12 nitrogen and oxygen atoms in total. The van der Waals surface area contributed by atoms with E-state index in [2.05, 4.69) is 26.3 Å². The second-order valence-corrected chi connectivity index (χ2v) is 11.1. The number of aromatic amines is 1. The van der Waals surface area contributed by atoms with E-state index < -0.39 is 48.0 Å². The molecular weight excluding hydrogens is 602 g/mol. The molecule has 0 fully saturated rings. The summed E-state index contributed by atoms with van der Waals surface area (Å²) in [6.45, 7) is 1.93. The molecule has 0 aliphatic carbocycles. The summed E-state index contributed by atoms with van der Waals surface area (Å²) in [6, 6.07) is 22.6. The van der Waals surface area contributed by atoms with Crippen LogP contribution >= 0.6 is 0 Å². The van der Waals surface area contributed by atoms with Crippen LogP contribution in [0.5, 0.6) is 0 Å². The van der Waals surface area contributed by atoms with E-state index in [1.54, 1.807) is 6.20 Å². The number of amides is 4. The monoisotopic (exact) mass is 643 g/mol. The Bertz CT molecular complexity index is 1610. The number of benzene rings is 3. The third-order valence-corrected chi connectivity index (χ3v) is 7.55. The SMILES string of the molecule is COCCNC(=O)[C@@H](O)[C@H](Cc1ccccc1)NC(=O)[C@H](Cc1c[nH]c2ccccc12)NC(=O)C(C)NC(=O)OCc1ccccc1. The molecule has 6 N–H and O–H groups in total. The molecule has 1 heterocycles. The number of aliphatic hydroxyl groups excluding tert-OH is 1. The molecule has 47 heavy (non-hydrogen) atoms.